The normalized spacial score (nSPS) is 15.9. The Morgan fingerprint density at radius 2 is 2.13 bits per heavy atom. The number of thiophene rings is 1. The summed E-state index contributed by atoms with van der Waals surface area (Å²) in [7, 11) is 0. The molecule has 0 aliphatic heterocycles. The van der Waals surface area contributed by atoms with E-state index in [9.17, 15) is 4.79 Å². The number of thioether (sulfide) groups is 1. The van der Waals surface area contributed by atoms with E-state index in [4.69, 9.17) is 4.98 Å². The molecule has 0 bridgehead atoms. The highest BCUT2D eigenvalue weighted by atomic mass is 32.2. The van der Waals surface area contributed by atoms with Crippen LogP contribution in [0.5, 0.6) is 0 Å². The average Bonchev–Trinajstić information content (AvgIpc) is 3.33. The third kappa shape index (κ3) is 4.14. The molecule has 3 aromatic heterocycles. The highest BCUT2D eigenvalue weighted by Gasteiger charge is 2.23. The molecule has 4 aromatic rings. The smallest absolute Gasteiger partial charge is 0.259 e. The van der Waals surface area contributed by atoms with Crippen molar-refractivity contribution in [2.75, 3.05) is 5.32 Å². The summed E-state index contributed by atoms with van der Waals surface area (Å²) >= 11 is 4.73. The minimum atomic E-state index is -0.0119. The van der Waals surface area contributed by atoms with Gasteiger partial charge >= 0.3 is 0 Å². The number of benzene rings is 1. The summed E-state index contributed by atoms with van der Waals surface area (Å²) < 4.78 is 0.842. The molecule has 1 aliphatic rings. The molecule has 0 saturated carbocycles. The maximum absolute atomic E-state index is 12.8. The van der Waals surface area contributed by atoms with Crippen LogP contribution in [0.25, 0.3) is 10.2 Å². The highest BCUT2D eigenvalue weighted by Crippen LogP contribution is 2.36. The van der Waals surface area contributed by atoms with Gasteiger partial charge in [-0.25, -0.2) is 4.98 Å². The Hall–Kier alpha value is -2.23. The minimum absolute atomic E-state index is 0.0119. The van der Waals surface area contributed by atoms with Gasteiger partial charge in [0.05, 0.1) is 11.1 Å². The molecule has 0 fully saturated rings. The van der Waals surface area contributed by atoms with Crippen LogP contribution in [0.15, 0.2) is 27.3 Å². The first kappa shape index (κ1) is 20.7. The van der Waals surface area contributed by atoms with Crippen molar-refractivity contribution in [3.63, 3.8) is 0 Å². The fraction of sp³-hybridized carbons (Fsp3) is 0.364. The van der Waals surface area contributed by atoms with Gasteiger partial charge in [-0.1, -0.05) is 42.2 Å². The first-order valence-corrected chi connectivity index (χ1v) is 12.9. The van der Waals surface area contributed by atoms with E-state index in [1.165, 1.54) is 32.9 Å². The van der Waals surface area contributed by atoms with E-state index in [-0.39, 0.29) is 5.56 Å². The molecule has 5 rings (SSSR count). The fourth-order valence-corrected chi connectivity index (χ4v) is 6.95. The lowest BCUT2D eigenvalue weighted by molar-refractivity contribution is 0.509. The van der Waals surface area contributed by atoms with Gasteiger partial charge in [-0.15, -0.1) is 21.5 Å². The summed E-state index contributed by atoms with van der Waals surface area (Å²) in [5, 5.41) is 13.5. The molecule has 0 spiro atoms. The van der Waals surface area contributed by atoms with Crippen LogP contribution in [-0.2, 0) is 18.6 Å². The number of aryl methyl sites for hydroxylation is 2. The van der Waals surface area contributed by atoms with E-state index in [2.05, 4.69) is 47.3 Å². The van der Waals surface area contributed by atoms with E-state index in [0.29, 0.717) is 17.5 Å². The molecule has 160 valence electrons. The third-order valence-electron chi connectivity index (χ3n) is 5.80. The summed E-state index contributed by atoms with van der Waals surface area (Å²) in [6.45, 7) is 6.46. The zero-order chi connectivity index (χ0) is 21.5. The number of rotatable bonds is 5. The number of hydrogen-bond acceptors (Lipinski definition) is 8. The van der Waals surface area contributed by atoms with Gasteiger partial charge in [0, 0.05) is 10.6 Å². The van der Waals surface area contributed by atoms with Crippen LogP contribution in [0, 0.1) is 19.8 Å². The maximum Gasteiger partial charge on any atom is 0.259 e. The lowest BCUT2D eigenvalue weighted by Gasteiger charge is -2.17. The molecule has 1 atom stereocenters. The molecule has 3 heterocycles. The highest BCUT2D eigenvalue weighted by molar-refractivity contribution is 8.00. The molecule has 0 saturated heterocycles. The van der Waals surface area contributed by atoms with Gasteiger partial charge in [0.1, 0.15) is 10.7 Å². The summed E-state index contributed by atoms with van der Waals surface area (Å²) in [4.78, 5) is 22.7. The van der Waals surface area contributed by atoms with Crippen LogP contribution in [0.2, 0.25) is 0 Å². The predicted molar refractivity (Wildman–Crippen MR) is 130 cm³/mol. The standard InChI is InChI=1S/C22H23N5OS3/c1-11-7-8-14-16(9-11)30-20-18(14)19(28)24-17(25-20)10-29-22-27-26-21(31-22)23-15-6-4-5-12(2)13(15)3/h4-6,11H,7-10H2,1-3H3,(H,23,26)(H,24,25,28). The SMILES string of the molecule is Cc1cccc(Nc2nnc(SCc3nc4sc5c(c4c(=O)[nH]3)CCC(C)C5)s2)c1C. The Labute approximate surface area is 192 Å². The quantitative estimate of drug-likeness (QED) is 0.370. The largest absolute Gasteiger partial charge is 0.330 e. The number of aromatic nitrogens is 4. The number of nitrogens with one attached hydrogen (secondary N) is 2. The van der Waals surface area contributed by atoms with Gasteiger partial charge < -0.3 is 10.3 Å². The van der Waals surface area contributed by atoms with Crippen LogP contribution in [-0.4, -0.2) is 20.2 Å². The number of hydrogen-bond donors (Lipinski definition) is 2. The second-order valence-electron chi connectivity index (χ2n) is 8.08. The second kappa shape index (κ2) is 8.37. The summed E-state index contributed by atoms with van der Waals surface area (Å²) in [6.07, 6.45) is 3.18. The second-order valence-corrected chi connectivity index (χ2v) is 11.4. The number of nitrogens with zero attached hydrogens (tertiary/aromatic N) is 3. The van der Waals surface area contributed by atoms with Crippen molar-refractivity contribution in [1.82, 2.24) is 20.2 Å². The van der Waals surface area contributed by atoms with Gasteiger partial charge in [-0.2, -0.15) is 0 Å². The Morgan fingerprint density at radius 3 is 3.00 bits per heavy atom. The fourth-order valence-electron chi connectivity index (χ4n) is 3.91. The first-order valence-electron chi connectivity index (χ1n) is 10.3. The van der Waals surface area contributed by atoms with E-state index in [1.807, 2.05) is 12.1 Å². The molecule has 1 aromatic carbocycles. The lowest BCUT2D eigenvalue weighted by Crippen LogP contribution is -2.14. The zero-order valence-electron chi connectivity index (χ0n) is 17.6. The first-order chi connectivity index (χ1) is 15.0. The molecule has 1 unspecified atom stereocenters. The molecule has 9 heteroatoms. The molecule has 2 N–H and O–H groups in total. The van der Waals surface area contributed by atoms with Gasteiger partial charge in [0.15, 0.2) is 4.34 Å². The van der Waals surface area contributed by atoms with Crippen LogP contribution >= 0.6 is 34.4 Å². The molecule has 1 aliphatic carbocycles. The van der Waals surface area contributed by atoms with Crippen LogP contribution in [0.3, 0.4) is 0 Å². The van der Waals surface area contributed by atoms with Gasteiger partial charge in [0.25, 0.3) is 5.56 Å². The Morgan fingerprint density at radius 1 is 1.26 bits per heavy atom. The molecular weight excluding hydrogens is 446 g/mol. The lowest BCUT2D eigenvalue weighted by atomic mass is 9.89. The van der Waals surface area contributed by atoms with Crippen molar-refractivity contribution in [2.24, 2.45) is 5.92 Å². The number of fused-ring (bicyclic) bond motifs is 3. The van der Waals surface area contributed by atoms with Gasteiger partial charge in [0.2, 0.25) is 5.13 Å². The Balaban J connectivity index is 1.31. The van der Waals surface area contributed by atoms with Crippen LogP contribution in [0.1, 0.15) is 40.7 Å². The molecular formula is C22H23N5OS3. The number of anilines is 2. The van der Waals surface area contributed by atoms with E-state index in [0.717, 1.165) is 44.6 Å². The molecule has 0 amide bonds. The van der Waals surface area contributed by atoms with Crippen molar-refractivity contribution in [1.29, 1.82) is 0 Å². The molecule has 0 radical (unpaired) electrons. The Kier molecular flexibility index (Phi) is 5.58. The van der Waals surface area contributed by atoms with Gasteiger partial charge in [-0.3, -0.25) is 4.79 Å². The van der Waals surface area contributed by atoms with E-state index >= 15 is 0 Å². The number of aromatic amines is 1. The summed E-state index contributed by atoms with van der Waals surface area (Å²) in [5.74, 6) is 1.93. The predicted octanol–water partition coefficient (Wildman–Crippen LogP) is 5.61. The topological polar surface area (TPSA) is 83.6 Å². The number of H-pyrrole nitrogens is 1. The summed E-state index contributed by atoms with van der Waals surface area (Å²) in [6, 6.07) is 6.17. The third-order valence-corrected chi connectivity index (χ3v) is 8.93. The Bertz CT molecular complexity index is 1320. The van der Waals surface area contributed by atoms with Crippen molar-refractivity contribution in [2.45, 2.75) is 50.1 Å². The minimum Gasteiger partial charge on any atom is -0.330 e. The zero-order valence-corrected chi connectivity index (χ0v) is 20.1. The summed E-state index contributed by atoms with van der Waals surface area (Å²) in [5.41, 5.74) is 4.69. The van der Waals surface area contributed by atoms with Crippen LogP contribution in [0.4, 0.5) is 10.8 Å². The maximum atomic E-state index is 12.8. The van der Waals surface area contributed by atoms with Crippen molar-refractivity contribution < 1.29 is 0 Å². The van der Waals surface area contributed by atoms with Crippen LogP contribution < -0.4 is 10.9 Å². The monoisotopic (exact) mass is 469 g/mol. The molecule has 31 heavy (non-hydrogen) atoms. The van der Waals surface area contributed by atoms with Crippen molar-refractivity contribution in [3.8, 4) is 0 Å². The average molecular weight is 470 g/mol. The van der Waals surface area contributed by atoms with Crippen molar-refractivity contribution >= 4 is 55.5 Å². The van der Waals surface area contributed by atoms with Gasteiger partial charge in [-0.05, 0) is 61.8 Å². The molecule has 6 nitrogen and oxygen atoms in total. The van der Waals surface area contributed by atoms with E-state index in [1.54, 1.807) is 23.1 Å². The van der Waals surface area contributed by atoms with Crippen molar-refractivity contribution in [3.05, 3.63) is 55.9 Å². The van der Waals surface area contributed by atoms with E-state index < -0.39 is 0 Å².